The van der Waals surface area contributed by atoms with Gasteiger partial charge in [0.05, 0.1) is 22.6 Å². The van der Waals surface area contributed by atoms with E-state index in [1.165, 1.54) is 11.1 Å². The second-order valence-electron chi connectivity index (χ2n) is 12.4. The van der Waals surface area contributed by atoms with E-state index in [2.05, 4.69) is 43.5 Å². The van der Waals surface area contributed by atoms with Gasteiger partial charge in [-0.2, -0.15) is 15.1 Å². The summed E-state index contributed by atoms with van der Waals surface area (Å²) in [5, 5.41) is 12.3. The molecule has 7 heterocycles. The fourth-order valence-electron chi connectivity index (χ4n) is 7.56. The van der Waals surface area contributed by atoms with E-state index in [4.69, 9.17) is 14.7 Å². The van der Waals surface area contributed by atoms with Crippen molar-refractivity contribution < 1.29 is 9.13 Å². The predicted octanol–water partition coefficient (Wildman–Crippen LogP) is 4.30. The molecule has 210 valence electrons. The van der Waals surface area contributed by atoms with E-state index in [0.717, 1.165) is 68.3 Å². The first-order chi connectivity index (χ1) is 19.9. The number of nitrogens with one attached hydrogen (secondary N) is 2. The zero-order valence-electron chi connectivity index (χ0n) is 23.2. The summed E-state index contributed by atoms with van der Waals surface area (Å²) in [6, 6.07) is 4.87. The van der Waals surface area contributed by atoms with Gasteiger partial charge in [0.2, 0.25) is 0 Å². The number of nitrogens with zero attached hydrogens (tertiary/aromatic N) is 6. The minimum absolute atomic E-state index is 0.192. The van der Waals surface area contributed by atoms with Crippen LogP contribution >= 0.6 is 0 Å². The fourth-order valence-corrected chi connectivity index (χ4v) is 7.56. The van der Waals surface area contributed by atoms with Crippen LogP contribution in [0.3, 0.4) is 0 Å². The van der Waals surface area contributed by atoms with E-state index < -0.39 is 5.82 Å². The Balaban J connectivity index is 1.25. The van der Waals surface area contributed by atoms with Crippen molar-refractivity contribution in [2.45, 2.75) is 50.2 Å². The molecular weight excluding hydrogens is 519 g/mol. The molecule has 0 unspecified atom stereocenters. The smallest absolute Gasteiger partial charge is 0.319 e. The Hall–Kier alpha value is -3.89. The van der Waals surface area contributed by atoms with Crippen LogP contribution in [-0.4, -0.2) is 80.5 Å². The number of ether oxygens (including phenoxy) is 1. The Morgan fingerprint density at radius 3 is 2.56 bits per heavy atom. The Morgan fingerprint density at radius 1 is 1.05 bits per heavy atom. The van der Waals surface area contributed by atoms with Crippen LogP contribution in [0.15, 0.2) is 48.8 Å². The number of pyridine rings is 1. The molecule has 4 aliphatic heterocycles. The van der Waals surface area contributed by atoms with Crippen LogP contribution in [0, 0.1) is 12.7 Å². The third-order valence-corrected chi connectivity index (χ3v) is 9.36. The third kappa shape index (κ3) is 3.95. The highest BCUT2D eigenvalue weighted by Crippen LogP contribution is 2.43. The fraction of sp³-hybridized carbons (Fsp3) is 0.419. The third-order valence-electron chi connectivity index (χ3n) is 9.36. The second-order valence-corrected chi connectivity index (χ2v) is 12.4. The Labute approximate surface area is 237 Å². The van der Waals surface area contributed by atoms with Crippen molar-refractivity contribution in [2.75, 3.05) is 37.7 Å². The lowest BCUT2D eigenvalue weighted by Gasteiger charge is -2.34. The Kier molecular flexibility index (Phi) is 5.49. The number of aryl methyl sites for hydroxylation is 1. The van der Waals surface area contributed by atoms with Crippen molar-refractivity contribution in [2.24, 2.45) is 0 Å². The van der Waals surface area contributed by atoms with Gasteiger partial charge in [-0.15, -0.1) is 0 Å². The van der Waals surface area contributed by atoms with Crippen LogP contribution in [-0.2, 0) is 0 Å². The summed E-state index contributed by atoms with van der Waals surface area (Å²) in [5.41, 5.74) is 5.13. The lowest BCUT2D eigenvalue weighted by molar-refractivity contribution is 0.108. The van der Waals surface area contributed by atoms with Crippen molar-refractivity contribution in [1.29, 1.82) is 0 Å². The first-order valence-corrected chi connectivity index (χ1v) is 14.4. The van der Waals surface area contributed by atoms with Crippen molar-refractivity contribution in [3.8, 4) is 17.3 Å². The molecule has 3 aromatic heterocycles. The van der Waals surface area contributed by atoms with Crippen LogP contribution in [0.25, 0.3) is 33.1 Å². The van der Waals surface area contributed by atoms with Crippen molar-refractivity contribution in [3.05, 3.63) is 60.2 Å². The van der Waals surface area contributed by atoms with Crippen molar-refractivity contribution >= 4 is 27.6 Å². The Morgan fingerprint density at radius 2 is 1.80 bits per heavy atom. The van der Waals surface area contributed by atoms with Gasteiger partial charge in [-0.05, 0) is 44.2 Å². The summed E-state index contributed by atoms with van der Waals surface area (Å²) in [5.74, 6) is 0.204. The molecule has 2 N–H and O–H groups in total. The molecule has 0 aliphatic carbocycles. The normalized spacial score (nSPS) is 23.7. The number of hydrogen-bond acceptors (Lipinski definition) is 8. The maximum atomic E-state index is 16.6. The van der Waals surface area contributed by atoms with Crippen LogP contribution in [0.4, 0.5) is 10.2 Å². The number of hydrogen-bond donors (Lipinski definition) is 2. The summed E-state index contributed by atoms with van der Waals surface area (Å²) in [4.78, 5) is 18.9. The molecular formula is C31H33FN8O. The van der Waals surface area contributed by atoms with E-state index in [0.29, 0.717) is 35.5 Å². The van der Waals surface area contributed by atoms with E-state index in [1.54, 1.807) is 12.4 Å². The summed E-state index contributed by atoms with van der Waals surface area (Å²) in [6.45, 7) is 14.1. The molecule has 4 aliphatic rings. The lowest BCUT2D eigenvalue weighted by Crippen LogP contribution is -2.51. The molecule has 4 fully saturated rings. The highest BCUT2D eigenvalue weighted by molar-refractivity contribution is 5.98. The number of piperazine rings is 1. The number of rotatable bonds is 5. The number of aromatic nitrogens is 5. The van der Waals surface area contributed by atoms with Crippen molar-refractivity contribution in [3.63, 3.8) is 0 Å². The zero-order valence-corrected chi connectivity index (χ0v) is 23.2. The zero-order chi connectivity index (χ0) is 27.9. The molecule has 0 spiro atoms. The van der Waals surface area contributed by atoms with E-state index >= 15 is 4.39 Å². The molecule has 2 bridgehead atoms. The number of aromatic amines is 1. The highest BCUT2D eigenvalue weighted by Gasteiger charge is 2.48. The van der Waals surface area contributed by atoms with E-state index in [9.17, 15) is 0 Å². The minimum Gasteiger partial charge on any atom is -0.461 e. The topological polar surface area (TPSA) is 95.1 Å². The largest absolute Gasteiger partial charge is 0.461 e. The van der Waals surface area contributed by atoms with Crippen molar-refractivity contribution in [1.82, 2.24) is 35.4 Å². The maximum absolute atomic E-state index is 16.6. The summed E-state index contributed by atoms with van der Waals surface area (Å²) in [6.07, 6.45) is 7.40. The molecule has 0 saturated carbocycles. The monoisotopic (exact) mass is 552 g/mol. The van der Waals surface area contributed by atoms with E-state index in [-0.39, 0.29) is 22.8 Å². The van der Waals surface area contributed by atoms with E-state index in [1.807, 2.05) is 19.1 Å². The summed E-state index contributed by atoms with van der Waals surface area (Å²) in [7, 11) is 0. The summed E-state index contributed by atoms with van der Waals surface area (Å²) < 4.78 is 23.0. The minimum atomic E-state index is -0.478. The van der Waals surface area contributed by atoms with Gasteiger partial charge in [-0.3, -0.25) is 15.0 Å². The first-order valence-electron chi connectivity index (χ1n) is 14.4. The maximum Gasteiger partial charge on any atom is 0.319 e. The standard InChI is InChI=1S/C31H33FN8O/c1-17-8-31(9-18(2)13-40(31)12-17)16-41-30-36-27-23(29(37-30)39-14-20-5-6-21(15-39)35-20)10-33-28(26(27)32)25-19(3)4-7-24-22(25)11-34-38-24/h4,7,10-11,20-21,35H,1-2,5-6,8-9,12-16H2,3H3,(H,34,38)/t20-,21+. The van der Waals surface area contributed by atoms with Gasteiger partial charge >= 0.3 is 6.01 Å². The predicted molar refractivity (Wildman–Crippen MR) is 157 cm³/mol. The number of benzene rings is 1. The molecule has 4 saturated heterocycles. The molecule has 10 heteroatoms. The molecule has 0 radical (unpaired) electrons. The quantitative estimate of drug-likeness (QED) is 0.354. The van der Waals surface area contributed by atoms with Gasteiger partial charge in [-0.25, -0.2) is 4.39 Å². The molecule has 8 rings (SSSR count). The van der Waals surface area contributed by atoms with Gasteiger partial charge < -0.3 is 15.0 Å². The van der Waals surface area contributed by atoms with Gasteiger partial charge in [0.1, 0.15) is 23.6 Å². The average Bonchev–Trinajstić information content (AvgIpc) is 3.70. The molecule has 4 aromatic rings. The molecule has 0 amide bonds. The lowest BCUT2D eigenvalue weighted by atomic mass is 9.92. The van der Waals surface area contributed by atoms with Gasteiger partial charge in [0.25, 0.3) is 0 Å². The van der Waals surface area contributed by atoms with Gasteiger partial charge in [0.15, 0.2) is 5.82 Å². The number of H-pyrrole nitrogens is 1. The van der Waals surface area contributed by atoms with Crippen LogP contribution in [0.2, 0.25) is 0 Å². The molecule has 1 aromatic carbocycles. The van der Waals surface area contributed by atoms with Gasteiger partial charge in [0, 0.05) is 55.4 Å². The average molecular weight is 553 g/mol. The number of fused-ring (bicyclic) bond motifs is 5. The number of anilines is 1. The van der Waals surface area contributed by atoms with Crippen LogP contribution in [0.1, 0.15) is 31.2 Å². The first kappa shape index (κ1) is 24.9. The second kappa shape index (κ2) is 9.06. The van der Waals surface area contributed by atoms with Gasteiger partial charge in [-0.1, -0.05) is 30.4 Å². The highest BCUT2D eigenvalue weighted by atomic mass is 19.1. The Bertz CT molecular complexity index is 1720. The molecule has 2 atom stereocenters. The SMILES string of the molecule is C=C1CN2CC(=C)CC2(COc2nc(N3C[C@H]4CC[C@@H](C3)N4)c3cnc(-c4c(C)ccc5[nH]ncc45)c(F)c3n2)C1. The summed E-state index contributed by atoms with van der Waals surface area (Å²) >= 11 is 0. The number of halogens is 1. The molecule has 9 nitrogen and oxygen atoms in total. The molecule has 41 heavy (non-hydrogen) atoms. The van der Waals surface area contributed by atoms with Crippen LogP contribution in [0.5, 0.6) is 6.01 Å². The van der Waals surface area contributed by atoms with Crippen LogP contribution < -0.4 is 15.0 Å².